The third kappa shape index (κ3) is 2.86. The van der Waals surface area contributed by atoms with Crippen LogP contribution >= 0.6 is 0 Å². The first-order valence-corrected chi connectivity index (χ1v) is 5.19. The summed E-state index contributed by atoms with van der Waals surface area (Å²) in [5, 5.41) is 23.3. The summed E-state index contributed by atoms with van der Waals surface area (Å²) in [6, 6.07) is 12.2. The van der Waals surface area contributed by atoms with Gasteiger partial charge in [-0.2, -0.15) is 0 Å². The Morgan fingerprint density at radius 2 is 1.53 bits per heavy atom. The van der Waals surface area contributed by atoms with E-state index in [1.54, 1.807) is 31.2 Å². The van der Waals surface area contributed by atoms with E-state index >= 15 is 0 Å². The second-order valence-corrected chi connectivity index (χ2v) is 3.85. The number of rotatable bonds is 2. The van der Waals surface area contributed by atoms with Crippen molar-refractivity contribution in [2.45, 2.75) is 13.3 Å². The SMILES string of the molecule is Cc1cccc(Cc2ccccc2[O-])c1[O-].[Be+2]. The average Bonchev–Trinajstić information content (AvgIpc) is 2.28. The van der Waals surface area contributed by atoms with E-state index in [1.165, 1.54) is 6.07 Å². The van der Waals surface area contributed by atoms with E-state index < -0.39 is 0 Å². The van der Waals surface area contributed by atoms with E-state index in [0.717, 1.165) is 5.56 Å². The molecule has 0 aliphatic carbocycles. The van der Waals surface area contributed by atoms with Gasteiger partial charge in [-0.3, -0.25) is 0 Å². The quantitative estimate of drug-likeness (QED) is 0.719. The number of benzene rings is 2. The van der Waals surface area contributed by atoms with Crippen molar-refractivity contribution in [2.24, 2.45) is 0 Å². The molecule has 2 aromatic carbocycles. The van der Waals surface area contributed by atoms with Crippen molar-refractivity contribution in [2.75, 3.05) is 0 Å². The molecular weight excluding hydrogens is 209 g/mol. The molecule has 2 nitrogen and oxygen atoms in total. The fourth-order valence-corrected chi connectivity index (χ4v) is 1.71. The molecule has 0 atom stereocenters. The van der Waals surface area contributed by atoms with Crippen molar-refractivity contribution in [3.63, 3.8) is 0 Å². The molecule has 0 aliphatic rings. The van der Waals surface area contributed by atoms with Crippen LogP contribution in [-0.2, 0) is 6.42 Å². The van der Waals surface area contributed by atoms with Crippen molar-refractivity contribution < 1.29 is 10.2 Å². The molecule has 0 heterocycles. The van der Waals surface area contributed by atoms with Gasteiger partial charge >= 0.3 is 10.1 Å². The van der Waals surface area contributed by atoms with Crippen LogP contribution in [0.3, 0.4) is 0 Å². The summed E-state index contributed by atoms with van der Waals surface area (Å²) >= 11 is 0. The molecule has 82 valence electrons. The van der Waals surface area contributed by atoms with Crippen LogP contribution in [0.4, 0.5) is 0 Å². The molecule has 0 unspecified atom stereocenters. The van der Waals surface area contributed by atoms with Gasteiger partial charge in [0, 0.05) is 0 Å². The van der Waals surface area contributed by atoms with Gasteiger partial charge < -0.3 is 10.2 Å². The van der Waals surface area contributed by atoms with Crippen molar-refractivity contribution >= 4 is 10.1 Å². The Bertz CT molecular complexity index is 509. The second-order valence-electron chi connectivity index (χ2n) is 3.85. The maximum Gasteiger partial charge on any atom is 2.00 e. The molecule has 0 saturated carbocycles. The predicted molar refractivity (Wildman–Crippen MR) is 65.1 cm³/mol. The molecule has 17 heavy (non-hydrogen) atoms. The maximum atomic E-state index is 11.8. The fourth-order valence-electron chi connectivity index (χ4n) is 1.71. The van der Waals surface area contributed by atoms with E-state index in [-0.39, 0.29) is 21.6 Å². The predicted octanol–water partition coefficient (Wildman–Crippen LogP) is 1.35. The van der Waals surface area contributed by atoms with E-state index in [1.807, 2.05) is 12.1 Å². The van der Waals surface area contributed by atoms with Gasteiger partial charge in [-0.05, 0) is 13.3 Å². The number of hydrogen-bond acceptors (Lipinski definition) is 2. The van der Waals surface area contributed by atoms with Gasteiger partial charge in [-0.15, -0.1) is 11.5 Å². The minimum Gasteiger partial charge on any atom is -0.872 e. The summed E-state index contributed by atoms with van der Waals surface area (Å²) in [7, 11) is 0. The van der Waals surface area contributed by atoms with Crippen molar-refractivity contribution in [1.82, 2.24) is 0 Å². The first-order chi connectivity index (χ1) is 7.68. The largest absolute Gasteiger partial charge is 2.00 e. The Kier molecular flexibility index (Phi) is 4.30. The van der Waals surface area contributed by atoms with Gasteiger partial charge in [0.2, 0.25) is 0 Å². The Morgan fingerprint density at radius 3 is 2.24 bits per heavy atom. The summed E-state index contributed by atoms with van der Waals surface area (Å²) in [5.41, 5.74) is 2.08. The summed E-state index contributed by atoms with van der Waals surface area (Å²) < 4.78 is 0. The minimum atomic E-state index is -0.0107. The normalized spacial score (nSPS) is 9.71. The van der Waals surface area contributed by atoms with Crippen LogP contribution in [0.2, 0.25) is 0 Å². The van der Waals surface area contributed by atoms with Gasteiger partial charge in [-0.1, -0.05) is 59.2 Å². The maximum absolute atomic E-state index is 11.8. The molecule has 0 aromatic heterocycles. The molecule has 0 bridgehead atoms. The van der Waals surface area contributed by atoms with Gasteiger partial charge in [0.15, 0.2) is 0 Å². The molecule has 0 radical (unpaired) electrons. The van der Waals surface area contributed by atoms with Crippen LogP contribution in [0.1, 0.15) is 16.7 Å². The monoisotopic (exact) mass is 221 g/mol. The first kappa shape index (κ1) is 13.3. The van der Waals surface area contributed by atoms with Crippen molar-refractivity contribution in [3.05, 3.63) is 59.2 Å². The summed E-state index contributed by atoms with van der Waals surface area (Å²) in [6.45, 7) is 1.79. The van der Waals surface area contributed by atoms with Crippen molar-refractivity contribution in [1.29, 1.82) is 0 Å². The molecule has 0 spiro atoms. The summed E-state index contributed by atoms with van der Waals surface area (Å²) in [4.78, 5) is 0. The molecule has 0 amide bonds. The van der Waals surface area contributed by atoms with Crippen LogP contribution in [0, 0.1) is 6.92 Å². The molecule has 2 rings (SSSR count). The number of para-hydroxylation sites is 2. The molecule has 0 aliphatic heterocycles. The van der Waals surface area contributed by atoms with Gasteiger partial charge in [0.25, 0.3) is 0 Å². The molecule has 0 saturated heterocycles. The summed E-state index contributed by atoms with van der Waals surface area (Å²) in [5.74, 6) is 0.0224. The second kappa shape index (κ2) is 5.51. The van der Waals surface area contributed by atoms with Crippen LogP contribution in [-0.4, -0.2) is 10.1 Å². The zero-order valence-electron chi connectivity index (χ0n) is 9.77. The zero-order valence-corrected chi connectivity index (χ0v) is 9.77. The van der Waals surface area contributed by atoms with Crippen LogP contribution in [0.25, 0.3) is 0 Å². The topological polar surface area (TPSA) is 46.1 Å². The van der Waals surface area contributed by atoms with Gasteiger partial charge in [0.1, 0.15) is 0 Å². The van der Waals surface area contributed by atoms with Crippen molar-refractivity contribution in [3.8, 4) is 11.5 Å². The third-order valence-corrected chi connectivity index (χ3v) is 2.65. The van der Waals surface area contributed by atoms with E-state index in [0.29, 0.717) is 17.5 Å². The van der Waals surface area contributed by atoms with E-state index in [9.17, 15) is 10.2 Å². The van der Waals surface area contributed by atoms with Gasteiger partial charge in [-0.25, -0.2) is 0 Å². The molecule has 0 N–H and O–H groups in total. The molecule has 0 fully saturated rings. The number of aryl methyl sites for hydroxylation is 1. The Labute approximate surface area is 105 Å². The Hall–Kier alpha value is -1.79. The van der Waals surface area contributed by atoms with Crippen LogP contribution < -0.4 is 10.2 Å². The molecular formula is C14H12BeO2. The standard InChI is InChI=1S/C14H14O2.Be/c1-10-5-4-7-12(14(10)16)9-11-6-2-3-8-13(11)15;/h2-8,15-16H,9H2,1H3;/q;+2/p-2. The summed E-state index contributed by atoms with van der Waals surface area (Å²) in [6.07, 6.45) is 0.417. The molecule has 3 heteroatoms. The van der Waals surface area contributed by atoms with Crippen LogP contribution in [0.15, 0.2) is 42.5 Å². The van der Waals surface area contributed by atoms with E-state index in [4.69, 9.17) is 0 Å². The third-order valence-electron chi connectivity index (χ3n) is 2.65. The average molecular weight is 221 g/mol. The smallest absolute Gasteiger partial charge is 0.872 e. The van der Waals surface area contributed by atoms with Gasteiger partial charge in [0.05, 0.1) is 0 Å². The van der Waals surface area contributed by atoms with E-state index in [2.05, 4.69) is 0 Å². The Morgan fingerprint density at radius 1 is 0.882 bits per heavy atom. The van der Waals surface area contributed by atoms with Crippen LogP contribution in [0.5, 0.6) is 11.5 Å². The minimum absolute atomic E-state index is 0. The fraction of sp³-hybridized carbons (Fsp3) is 0.143. The zero-order chi connectivity index (χ0) is 11.5. The Balaban J connectivity index is 0.00000144. The first-order valence-electron chi connectivity index (χ1n) is 5.19. The number of hydrogen-bond donors (Lipinski definition) is 0. The molecule has 2 aromatic rings.